The van der Waals surface area contributed by atoms with E-state index in [0.717, 1.165) is 37.7 Å². The predicted octanol–water partition coefficient (Wildman–Crippen LogP) is 3.24. The van der Waals surface area contributed by atoms with Gasteiger partial charge in [-0.05, 0) is 36.8 Å². The molecule has 1 aromatic heterocycles. The highest BCUT2D eigenvalue weighted by molar-refractivity contribution is 14.0. The van der Waals surface area contributed by atoms with Crippen LogP contribution < -0.4 is 10.6 Å². The van der Waals surface area contributed by atoms with Gasteiger partial charge in [0.1, 0.15) is 18.7 Å². The van der Waals surface area contributed by atoms with Crippen molar-refractivity contribution in [2.24, 2.45) is 12.0 Å². The summed E-state index contributed by atoms with van der Waals surface area (Å²) in [5.41, 5.74) is 2.78. The molecule has 0 radical (unpaired) electrons. The molecule has 2 N–H and O–H groups in total. The first-order valence-corrected chi connectivity index (χ1v) is 9.04. The molecule has 0 fully saturated rings. The molecule has 0 amide bonds. The number of halogens is 1. The molecule has 0 aliphatic carbocycles. The van der Waals surface area contributed by atoms with Crippen molar-refractivity contribution in [3.8, 4) is 0 Å². The minimum absolute atomic E-state index is 0. The Morgan fingerprint density at radius 2 is 1.92 bits per heavy atom. The lowest BCUT2D eigenvalue weighted by Crippen LogP contribution is -2.38. The third-order valence-corrected chi connectivity index (χ3v) is 4.11. The van der Waals surface area contributed by atoms with Crippen LogP contribution in [0.5, 0.6) is 0 Å². The van der Waals surface area contributed by atoms with Crippen LogP contribution in [0.25, 0.3) is 0 Å². The molecule has 2 aromatic rings. The number of aromatic nitrogens is 3. The first kappa shape index (κ1) is 22.4. The predicted molar refractivity (Wildman–Crippen MR) is 118 cm³/mol. The second-order valence-corrected chi connectivity index (χ2v) is 6.42. The molecule has 1 heterocycles. The number of rotatable bonds is 8. The number of hydrogen-bond donors (Lipinski definition) is 2. The summed E-state index contributed by atoms with van der Waals surface area (Å²) in [5, 5.41) is 10.7. The lowest BCUT2D eigenvalue weighted by molar-refractivity contribution is 0.694. The zero-order valence-electron chi connectivity index (χ0n) is 16.2. The number of guanidine groups is 1. The highest BCUT2D eigenvalue weighted by atomic mass is 127. The van der Waals surface area contributed by atoms with E-state index in [0.29, 0.717) is 12.5 Å². The molecule has 0 aliphatic rings. The van der Waals surface area contributed by atoms with Crippen LogP contribution in [0.2, 0.25) is 0 Å². The molecule has 0 aliphatic heterocycles. The van der Waals surface area contributed by atoms with E-state index in [2.05, 4.69) is 70.7 Å². The van der Waals surface area contributed by atoms with Crippen LogP contribution in [0.4, 0.5) is 0 Å². The SMILES string of the molecule is CCNC(=NCc1ncnn1C)NCCCc1ccc(C(C)C)cc1.I. The smallest absolute Gasteiger partial charge is 0.191 e. The minimum atomic E-state index is 0. The van der Waals surface area contributed by atoms with Crippen molar-refractivity contribution in [1.29, 1.82) is 0 Å². The van der Waals surface area contributed by atoms with Gasteiger partial charge < -0.3 is 10.6 Å². The van der Waals surface area contributed by atoms with Gasteiger partial charge in [0.15, 0.2) is 5.96 Å². The molecule has 0 spiro atoms. The Balaban J connectivity index is 0.00000338. The van der Waals surface area contributed by atoms with Crippen molar-refractivity contribution in [2.75, 3.05) is 13.1 Å². The molecule has 26 heavy (non-hydrogen) atoms. The third-order valence-electron chi connectivity index (χ3n) is 4.11. The number of aliphatic imine (C=N–C) groups is 1. The highest BCUT2D eigenvalue weighted by Crippen LogP contribution is 2.15. The maximum absolute atomic E-state index is 4.56. The number of nitrogens with one attached hydrogen (secondary N) is 2. The van der Waals surface area contributed by atoms with E-state index in [1.807, 2.05) is 7.05 Å². The average Bonchev–Trinajstić information content (AvgIpc) is 3.02. The van der Waals surface area contributed by atoms with Gasteiger partial charge in [0, 0.05) is 20.1 Å². The number of nitrogens with zero attached hydrogens (tertiary/aromatic N) is 4. The fourth-order valence-corrected chi connectivity index (χ4v) is 2.52. The molecule has 0 saturated heterocycles. The van der Waals surface area contributed by atoms with Crippen molar-refractivity contribution >= 4 is 29.9 Å². The highest BCUT2D eigenvalue weighted by Gasteiger charge is 2.02. The summed E-state index contributed by atoms with van der Waals surface area (Å²) in [6, 6.07) is 8.95. The summed E-state index contributed by atoms with van der Waals surface area (Å²) in [7, 11) is 1.88. The van der Waals surface area contributed by atoms with Crippen LogP contribution in [0, 0.1) is 0 Å². The quantitative estimate of drug-likeness (QED) is 0.269. The van der Waals surface area contributed by atoms with Gasteiger partial charge in [-0.2, -0.15) is 5.10 Å². The van der Waals surface area contributed by atoms with E-state index in [-0.39, 0.29) is 24.0 Å². The molecular weight excluding hydrogens is 439 g/mol. The van der Waals surface area contributed by atoms with E-state index in [1.165, 1.54) is 11.1 Å². The minimum Gasteiger partial charge on any atom is -0.357 e. The fourth-order valence-electron chi connectivity index (χ4n) is 2.52. The van der Waals surface area contributed by atoms with E-state index < -0.39 is 0 Å². The zero-order valence-corrected chi connectivity index (χ0v) is 18.5. The normalized spacial score (nSPS) is 11.3. The van der Waals surface area contributed by atoms with Gasteiger partial charge in [0.2, 0.25) is 0 Å². The lowest BCUT2D eigenvalue weighted by atomic mass is 10.0. The van der Waals surface area contributed by atoms with E-state index >= 15 is 0 Å². The topological polar surface area (TPSA) is 67.1 Å². The third kappa shape index (κ3) is 7.31. The maximum atomic E-state index is 4.56. The van der Waals surface area contributed by atoms with Crippen molar-refractivity contribution in [3.63, 3.8) is 0 Å². The van der Waals surface area contributed by atoms with Crippen LogP contribution in [0.1, 0.15) is 50.1 Å². The molecule has 7 heteroatoms. The Morgan fingerprint density at radius 3 is 2.50 bits per heavy atom. The van der Waals surface area contributed by atoms with Crippen LogP contribution >= 0.6 is 24.0 Å². The van der Waals surface area contributed by atoms with Gasteiger partial charge in [-0.1, -0.05) is 38.1 Å². The van der Waals surface area contributed by atoms with Crippen molar-refractivity contribution in [1.82, 2.24) is 25.4 Å². The van der Waals surface area contributed by atoms with Crippen LogP contribution in [0.15, 0.2) is 35.6 Å². The molecule has 1 aromatic carbocycles. The van der Waals surface area contributed by atoms with Crippen molar-refractivity contribution < 1.29 is 0 Å². The van der Waals surface area contributed by atoms with Crippen molar-refractivity contribution in [3.05, 3.63) is 47.5 Å². The second-order valence-electron chi connectivity index (χ2n) is 6.42. The molecule has 6 nitrogen and oxygen atoms in total. The Hall–Kier alpha value is -1.64. The second kappa shape index (κ2) is 11.9. The molecule has 0 unspecified atom stereocenters. The van der Waals surface area contributed by atoms with Crippen molar-refractivity contribution in [2.45, 2.75) is 46.1 Å². The first-order valence-electron chi connectivity index (χ1n) is 9.04. The summed E-state index contributed by atoms with van der Waals surface area (Å²) >= 11 is 0. The van der Waals surface area contributed by atoms with Gasteiger partial charge >= 0.3 is 0 Å². The maximum Gasteiger partial charge on any atom is 0.191 e. The molecule has 0 bridgehead atoms. The van der Waals surface area contributed by atoms with Gasteiger partial charge in [0.05, 0.1) is 0 Å². The van der Waals surface area contributed by atoms with Gasteiger partial charge in [-0.3, -0.25) is 4.68 Å². The van der Waals surface area contributed by atoms with Gasteiger partial charge in [-0.15, -0.1) is 24.0 Å². The summed E-state index contributed by atoms with van der Waals surface area (Å²) in [6.07, 6.45) is 3.68. The van der Waals surface area contributed by atoms with Crippen LogP contribution in [-0.2, 0) is 20.0 Å². The summed E-state index contributed by atoms with van der Waals surface area (Å²) < 4.78 is 1.74. The fraction of sp³-hybridized carbons (Fsp3) is 0.526. The van der Waals surface area contributed by atoms with Gasteiger partial charge in [0.25, 0.3) is 0 Å². The molecular formula is C19H31IN6. The van der Waals surface area contributed by atoms with E-state index in [4.69, 9.17) is 0 Å². The Kier molecular flexibility index (Phi) is 10.2. The largest absolute Gasteiger partial charge is 0.357 e. The summed E-state index contributed by atoms with van der Waals surface area (Å²) in [6.45, 7) is 8.75. The average molecular weight is 470 g/mol. The van der Waals surface area contributed by atoms with Crippen LogP contribution in [-0.4, -0.2) is 33.8 Å². The standard InChI is InChI=1S/C19H30N6.HI/c1-5-20-19(22-13-18-23-14-24-25(18)4)21-12-6-7-16-8-10-17(11-9-16)15(2)3;/h8-11,14-15H,5-7,12-13H2,1-4H3,(H2,20,21,22);1H. The van der Waals surface area contributed by atoms with Crippen LogP contribution in [0.3, 0.4) is 0 Å². The monoisotopic (exact) mass is 470 g/mol. The molecule has 144 valence electrons. The summed E-state index contributed by atoms with van der Waals surface area (Å²) in [4.78, 5) is 8.76. The van der Waals surface area contributed by atoms with Gasteiger partial charge in [-0.25, -0.2) is 9.98 Å². The summed E-state index contributed by atoms with van der Waals surface area (Å²) in [5.74, 6) is 2.26. The molecule has 0 saturated carbocycles. The Morgan fingerprint density at radius 1 is 1.19 bits per heavy atom. The first-order chi connectivity index (χ1) is 12.1. The van der Waals surface area contributed by atoms with E-state index in [1.54, 1.807) is 11.0 Å². The molecule has 0 atom stereocenters. The zero-order chi connectivity index (χ0) is 18.1. The number of benzene rings is 1. The Labute approximate surface area is 173 Å². The Bertz CT molecular complexity index is 663. The van der Waals surface area contributed by atoms with E-state index in [9.17, 15) is 0 Å². The molecule has 2 rings (SSSR count). The number of hydrogen-bond acceptors (Lipinski definition) is 3. The number of aryl methyl sites for hydroxylation is 2. The lowest BCUT2D eigenvalue weighted by Gasteiger charge is -2.11.